The van der Waals surface area contributed by atoms with E-state index in [-0.39, 0.29) is 6.10 Å². The lowest BCUT2D eigenvalue weighted by Gasteiger charge is -2.28. The standard InChI is InChI=1S/C15H25N3O/c1-5-16-10-13-8-11(2)17-15(9-13)18(4)14-6-7-19-12(14)3/h8-9,12,14,16H,5-7,10H2,1-4H3. The van der Waals surface area contributed by atoms with Gasteiger partial charge in [-0.3, -0.25) is 0 Å². The maximum absolute atomic E-state index is 5.65. The van der Waals surface area contributed by atoms with E-state index in [1.807, 2.05) is 0 Å². The van der Waals surface area contributed by atoms with E-state index in [0.29, 0.717) is 6.04 Å². The van der Waals surface area contributed by atoms with Crippen LogP contribution >= 0.6 is 0 Å². The molecule has 1 aromatic rings. The number of anilines is 1. The smallest absolute Gasteiger partial charge is 0.129 e. The molecule has 1 aromatic heterocycles. The average molecular weight is 263 g/mol. The van der Waals surface area contributed by atoms with Crippen molar-refractivity contribution in [1.29, 1.82) is 0 Å². The highest BCUT2D eigenvalue weighted by Gasteiger charge is 2.28. The minimum absolute atomic E-state index is 0.282. The monoisotopic (exact) mass is 263 g/mol. The molecule has 1 saturated heterocycles. The Morgan fingerprint density at radius 1 is 1.47 bits per heavy atom. The molecule has 0 aromatic carbocycles. The Bertz CT molecular complexity index is 422. The molecular formula is C15H25N3O. The molecule has 0 bridgehead atoms. The Morgan fingerprint density at radius 2 is 2.26 bits per heavy atom. The predicted octanol–water partition coefficient (Wildman–Crippen LogP) is 2.11. The summed E-state index contributed by atoms with van der Waals surface area (Å²) in [5.74, 6) is 1.05. The van der Waals surface area contributed by atoms with Crippen LogP contribution in [0.2, 0.25) is 0 Å². The lowest BCUT2D eigenvalue weighted by atomic mass is 10.1. The third-order valence-corrected chi connectivity index (χ3v) is 3.77. The van der Waals surface area contributed by atoms with Gasteiger partial charge in [-0.1, -0.05) is 6.92 Å². The Kier molecular flexibility index (Phi) is 4.77. The number of rotatable bonds is 5. The van der Waals surface area contributed by atoms with Crippen molar-refractivity contribution in [1.82, 2.24) is 10.3 Å². The molecule has 4 heteroatoms. The lowest BCUT2D eigenvalue weighted by Crippen LogP contribution is -2.37. The second-order valence-corrected chi connectivity index (χ2v) is 5.30. The maximum atomic E-state index is 5.65. The average Bonchev–Trinajstić information content (AvgIpc) is 2.81. The van der Waals surface area contributed by atoms with Gasteiger partial charge in [-0.05, 0) is 44.5 Å². The molecule has 0 spiro atoms. The number of nitrogens with zero attached hydrogens (tertiary/aromatic N) is 2. The van der Waals surface area contributed by atoms with Crippen LogP contribution in [-0.4, -0.2) is 37.3 Å². The Labute approximate surface area is 116 Å². The van der Waals surface area contributed by atoms with Crippen LogP contribution < -0.4 is 10.2 Å². The van der Waals surface area contributed by atoms with Crippen LogP contribution in [-0.2, 0) is 11.3 Å². The van der Waals surface area contributed by atoms with Crippen LogP contribution in [0.3, 0.4) is 0 Å². The van der Waals surface area contributed by atoms with Crippen molar-refractivity contribution in [3.63, 3.8) is 0 Å². The maximum Gasteiger partial charge on any atom is 0.129 e. The van der Waals surface area contributed by atoms with Gasteiger partial charge in [0.15, 0.2) is 0 Å². The zero-order chi connectivity index (χ0) is 13.8. The number of ether oxygens (including phenoxy) is 1. The van der Waals surface area contributed by atoms with E-state index < -0.39 is 0 Å². The topological polar surface area (TPSA) is 37.4 Å². The van der Waals surface area contributed by atoms with Crippen molar-refractivity contribution < 1.29 is 4.74 Å². The number of pyridine rings is 1. The van der Waals surface area contributed by atoms with Gasteiger partial charge in [0.25, 0.3) is 0 Å². The summed E-state index contributed by atoms with van der Waals surface area (Å²) < 4.78 is 5.65. The van der Waals surface area contributed by atoms with Gasteiger partial charge in [-0.25, -0.2) is 4.98 Å². The fourth-order valence-corrected chi connectivity index (χ4v) is 2.67. The second-order valence-electron chi connectivity index (χ2n) is 5.30. The van der Waals surface area contributed by atoms with E-state index in [2.05, 4.69) is 55.2 Å². The van der Waals surface area contributed by atoms with Crippen molar-refractivity contribution in [2.24, 2.45) is 0 Å². The highest BCUT2D eigenvalue weighted by atomic mass is 16.5. The van der Waals surface area contributed by atoms with Gasteiger partial charge in [0, 0.05) is 25.9 Å². The Balaban J connectivity index is 2.16. The molecule has 1 aliphatic heterocycles. The first-order valence-corrected chi connectivity index (χ1v) is 7.14. The molecule has 0 amide bonds. The number of hydrogen-bond acceptors (Lipinski definition) is 4. The quantitative estimate of drug-likeness (QED) is 0.883. The van der Waals surface area contributed by atoms with E-state index in [1.165, 1.54) is 5.56 Å². The van der Waals surface area contributed by atoms with Gasteiger partial charge >= 0.3 is 0 Å². The van der Waals surface area contributed by atoms with Gasteiger partial charge in [0.2, 0.25) is 0 Å². The summed E-state index contributed by atoms with van der Waals surface area (Å²) in [5, 5.41) is 3.37. The highest BCUT2D eigenvalue weighted by Crippen LogP contribution is 2.24. The third-order valence-electron chi connectivity index (χ3n) is 3.77. The molecule has 0 radical (unpaired) electrons. The van der Waals surface area contributed by atoms with E-state index in [1.54, 1.807) is 0 Å². The molecule has 0 aliphatic carbocycles. The highest BCUT2D eigenvalue weighted by molar-refractivity contribution is 5.43. The molecule has 1 fully saturated rings. The summed E-state index contributed by atoms with van der Waals surface area (Å²) in [6.45, 7) is 9.06. The molecule has 2 unspecified atom stereocenters. The molecule has 106 valence electrons. The zero-order valence-electron chi connectivity index (χ0n) is 12.4. The number of aromatic nitrogens is 1. The van der Waals surface area contributed by atoms with Gasteiger partial charge < -0.3 is 15.0 Å². The van der Waals surface area contributed by atoms with Crippen molar-refractivity contribution in [2.75, 3.05) is 25.1 Å². The minimum atomic E-state index is 0.282. The van der Waals surface area contributed by atoms with Crippen LogP contribution in [0.5, 0.6) is 0 Å². The first kappa shape index (κ1) is 14.3. The summed E-state index contributed by atoms with van der Waals surface area (Å²) >= 11 is 0. The largest absolute Gasteiger partial charge is 0.376 e. The van der Waals surface area contributed by atoms with Crippen LogP contribution in [0.4, 0.5) is 5.82 Å². The van der Waals surface area contributed by atoms with Crippen molar-refractivity contribution in [2.45, 2.75) is 45.9 Å². The Hall–Kier alpha value is -1.13. The molecule has 19 heavy (non-hydrogen) atoms. The molecule has 2 heterocycles. The first-order valence-electron chi connectivity index (χ1n) is 7.14. The van der Waals surface area contributed by atoms with Crippen LogP contribution in [0.15, 0.2) is 12.1 Å². The van der Waals surface area contributed by atoms with Gasteiger partial charge in [-0.15, -0.1) is 0 Å². The summed E-state index contributed by atoms with van der Waals surface area (Å²) in [7, 11) is 2.12. The number of likely N-dealkylation sites (N-methyl/N-ethyl adjacent to an activating group) is 1. The molecule has 2 rings (SSSR count). The van der Waals surface area contributed by atoms with E-state index in [4.69, 9.17) is 4.74 Å². The van der Waals surface area contributed by atoms with E-state index in [9.17, 15) is 0 Å². The molecule has 2 atom stereocenters. The van der Waals surface area contributed by atoms with Gasteiger partial charge in [-0.2, -0.15) is 0 Å². The molecule has 4 nitrogen and oxygen atoms in total. The molecule has 1 N–H and O–H groups in total. The minimum Gasteiger partial charge on any atom is -0.376 e. The zero-order valence-corrected chi connectivity index (χ0v) is 12.4. The summed E-state index contributed by atoms with van der Waals surface area (Å²) in [4.78, 5) is 6.93. The third kappa shape index (κ3) is 3.45. The van der Waals surface area contributed by atoms with Crippen LogP contribution in [0.25, 0.3) is 0 Å². The van der Waals surface area contributed by atoms with E-state index >= 15 is 0 Å². The fraction of sp³-hybridized carbons (Fsp3) is 0.667. The Morgan fingerprint density at radius 3 is 2.89 bits per heavy atom. The van der Waals surface area contributed by atoms with Crippen molar-refractivity contribution in [3.8, 4) is 0 Å². The summed E-state index contributed by atoms with van der Waals surface area (Å²) in [6, 6.07) is 4.76. The number of hydrogen-bond donors (Lipinski definition) is 1. The SMILES string of the molecule is CCNCc1cc(C)nc(N(C)C2CCOC2C)c1. The van der Waals surface area contributed by atoms with Crippen LogP contribution in [0, 0.1) is 6.92 Å². The summed E-state index contributed by atoms with van der Waals surface area (Å²) in [5.41, 5.74) is 2.37. The van der Waals surface area contributed by atoms with E-state index in [0.717, 1.165) is 37.6 Å². The van der Waals surface area contributed by atoms with Crippen molar-refractivity contribution in [3.05, 3.63) is 23.4 Å². The molecule has 1 aliphatic rings. The van der Waals surface area contributed by atoms with Gasteiger partial charge in [0.05, 0.1) is 12.1 Å². The summed E-state index contributed by atoms with van der Waals surface area (Å²) in [6.07, 6.45) is 1.36. The normalized spacial score (nSPS) is 22.7. The van der Waals surface area contributed by atoms with Gasteiger partial charge in [0.1, 0.15) is 5.82 Å². The second kappa shape index (κ2) is 6.35. The van der Waals surface area contributed by atoms with Crippen LogP contribution in [0.1, 0.15) is 31.5 Å². The lowest BCUT2D eigenvalue weighted by molar-refractivity contribution is 0.118. The predicted molar refractivity (Wildman–Crippen MR) is 78.6 cm³/mol. The number of nitrogens with one attached hydrogen (secondary N) is 1. The number of aryl methyl sites for hydroxylation is 1. The first-order chi connectivity index (χ1) is 9.11. The molecular weight excluding hydrogens is 238 g/mol. The molecule has 0 saturated carbocycles. The van der Waals surface area contributed by atoms with Crippen molar-refractivity contribution >= 4 is 5.82 Å². The fourth-order valence-electron chi connectivity index (χ4n) is 2.67.